The van der Waals surface area contributed by atoms with Gasteiger partial charge in [0.15, 0.2) is 0 Å². The van der Waals surface area contributed by atoms with Crippen LogP contribution in [0.2, 0.25) is 0 Å². The highest BCUT2D eigenvalue weighted by Crippen LogP contribution is 2.18. The first-order valence-corrected chi connectivity index (χ1v) is 6.90. The number of halogens is 1. The highest BCUT2D eigenvalue weighted by Gasteiger charge is 2.07. The summed E-state index contributed by atoms with van der Waals surface area (Å²) < 4.78 is 12.9. The number of hydrogen-bond donors (Lipinski definition) is 2. The fraction of sp³-hybridized carbons (Fsp3) is 0.235. The molecule has 0 saturated heterocycles. The normalized spacial score (nSPS) is 12.0. The average Bonchev–Trinajstić information content (AvgIpc) is 2.46. The Labute approximate surface area is 124 Å². The van der Waals surface area contributed by atoms with E-state index in [4.69, 9.17) is 0 Å². The van der Waals surface area contributed by atoms with E-state index in [1.807, 2.05) is 31.2 Å². The number of rotatable bonds is 5. The second kappa shape index (κ2) is 6.99. The molecule has 2 rings (SSSR count). The Balaban J connectivity index is 2.02. The number of carbonyl (C=O) groups excluding carboxylic acids is 1. The number of benzene rings is 2. The standard InChI is InChI=1S/C17H19FN2O/c1-12(14-7-9-16(18)10-8-14)19-11-15-5-3-4-6-17(15)20-13(2)21/h3-10,12,19H,11H2,1-2H3,(H,20,21). The minimum atomic E-state index is -0.234. The molecular weight excluding hydrogens is 267 g/mol. The van der Waals surface area contributed by atoms with Gasteiger partial charge in [0.2, 0.25) is 5.91 Å². The molecule has 1 amide bonds. The Morgan fingerprint density at radius 3 is 2.48 bits per heavy atom. The summed E-state index contributed by atoms with van der Waals surface area (Å²) in [7, 11) is 0. The number of hydrogen-bond acceptors (Lipinski definition) is 2. The van der Waals surface area contributed by atoms with Gasteiger partial charge in [0.05, 0.1) is 0 Å². The molecule has 0 aliphatic rings. The fourth-order valence-electron chi connectivity index (χ4n) is 2.12. The lowest BCUT2D eigenvalue weighted by Crippen LogP contribution is -2.19. The largest absolute Gasteiger partial charge is 0.326 e. The first-order valence-electron chi connectivity index (χ1n) is 6.90. The van der Waals surface area contributed by atoms with Crippen LogP contribution in [-0.4, -0.2) is 5.91 Å². The van der Waals surface area contributed by atoms with Crippen LogP contribution in [0.3, 0.4) is 0 Å². The lowest BCUT2D eigenvalue weighted by atomic mass is 10.1. The Kier molecular flexibility index (Phi) is 5.06. The van der Waals surface area contributed by atoms with Gasteiger partial charge in [-0.1, -0.05) is 30.3 Å². The summed E-state index contributed by atoms with van der Waals surface area (Å²) in [5.41, 5.74) is 2.85. The second-order valence-electron chi connectivity index (χ2n) is 4.99. The Morgan fingerprint density at radius 1 is 1.14 bits per heavy atom. The van der Waals surface area contributed by atoms with Gasteiger partial charge in [-0.15, -0.1) is 0 Å². The third kappa shape index (κ3) is 4.39. The van der Waals surface area contributed by atoms with Gasteiger partial charge in [0.1, 0.15) is 5.82 Å². The van der Waals surface area contributed by atoms with E-state index in [9.17, 15) is 9.18 Å². The molecule has 0 bridgehead atoms. The van der Waals surface area contributed by atoms with Gasteiger partial charge in [-0.25, -0.2) is 4.39 Å². The van der Waals surface area contributed by atoms with E-state index in [0.717, 1.165) is 16.8 Å². The zero-order valence-corrected chi connectivity index (χ0v) is 12.2. The minimum Gasteiger partial charge on any atom is -0.326 e. The van der Waals surface area contributed by atoms with Crippen molar-refractivity contribution in [2.75, 3.05) is 5.32 Å². The maximum atomic E-state index is 12.9. The maximum absolute atomic E-state index is 12.9. The van der Waals surface area contributed by atoms with Crippen molar-refractivity contribution in [2.45, 2.75) is 26.4 Å². The van der Waals surface area contributed by atoms with Crippen LogP contribution in [0.4, 0.5) is 10.1 Å². The number of nitrogens with one attached hydrogen (secondary N) is 2. The molecule has 1 atom stereocenters. The zero-order chi connectivity index (χ0) is 15.2. The molecule has 0 aliphatic heterocycles. The average molecular weight is 286 g/mol. The molecule has 0 fully saturated rings. The Bertz CT molecular complexity index is 610. The molecule has 1 unspecified atom stereocenters. The van der Waals surface area contributed by atoms with Crippen LogP contribution in [0.5, 0.6) is 0 Å². The lowest BCUT2D eigenvalue weighted by Gasteiger charge is -2.16. The van der Waals surface area contributed by atoms with Crippen molar-refractivity contribution in [1.82, 2.24) is 5.32 Å². The third-order valence-electron chi connectivity index (χ3n) is 3.30. The van der Waals surface area contributed by atoms with Crippen LogP contribution in [0.25, 0.3) is 0 Å². The third-order valence-corrected chi connectivity index (χ3v) is 3.30. The van der Waals surface area contributed by atoms with Crippen LogP contribution in [-0.2, 0) is 11.3 Å². The van der Waals surface area contributed by atoms with E-state index in [1.165, 1.54) is 19.1 Å². The predicted octanol–water partition coefficient (Wildman–Crippen LogP) is 3.63. The van der Waals surface area contributed by atoms with Crippen molar-refractivity contribution in [2.24, 2.45) is 0 Å². The molecule has 3 nitrogen and oxygen atoms in total. The van der Waals surface area contributed by atoms with E-state index in [-0.39, 0.29) is 17.8 Å². The predicted molar refractivity (Wildman–Crippen MR) is 82.4 cm³/mol. The molecule has 0 spiro atoms. The molecule has 0 aromatic heterocycles. The van der Waals surface area contributed by atoms with Gasteiger partial charge < -0.3 is 10.6 Å². The SMILES string of the molecule is CC(=O)Nc1ccccc1CNC(C)c1ccc(F)cc1. The van der Waals surface area contributed by atoms with Crippen molar-refractivity contribution >= 4 is 11.6 Å². The van der Waals surface area contributed by atoms with Gasteiger partial charge in [0, 0.05) is 25.2 Å². The van der Waals surface area contributed by atoms with Gasteiger partial charge in [0.25, 0.3) is 0 Å². The van der Waals surface area contributed by atoms with Crippen molar-refractivity contribution in [3.8, 4) is 0 Å². The molecule has 2 aromatic rings. The van der Waals surface area contributed by atoms with Gasteiger partial charge in [-0.3, -0.25) is 4.79 Å². The zero-order valence-electron chi connectivity index (χ0n) is 12.2. The minimum absolute atomic E-state index is 0.0889. The molecular formula is C17H19FN2O. The van der Waals surface area contributed by atoms with E-state index in [2.05, 4.69) is 10.6 Å². The molecule has 0 aliphatic carbocycles. The van der Waals surface area contributed by atoms with Crippen molar-refractivity contribution in [3.63, 3.8) is 0 Å². The van der Waals surface area contributed by atoms with Crippen LogP contribution < -0.4 is 10.6 Å². The number of carbonyl (C=O) groups is 1. The van der Waals surface area contributed by atoms with E-state index in [1.54, 1.807) is 12.1 Å². The van der Waals surface area contributed by atoms with Crippen molar-refractivity contribution < 1.29 is 9.18 Å². The number of anilines is 1. The lowest BCUT2D eigenvalue weighted by molar-refractivity contribution is -0.114. The summed E-state index contributed by atoms with van der Waals surface area (Å²) in [4.78, 5) is 11.2. The molecule has 2 aromatic carbocycles. The monoisotopic (exact) mass is 286 g/mol. The highest BCUT2D eigenvalue weighted by molar-refractivity contribution is 5.89. The summed E-state index contributed by atoms with van der Waals surface area (Å²) in [5.74, 6) is -0.323. The van der Waals surface area contributed by atoms with Crippen LogP contribution >= 0.6 is 0 Å². The highest BCUT2D eigenvalue weighted by atomic mass is 19.1. The molecule has 0 radical (unpaired) electrons. The maximum Gasteiger partial charge on any atom is 0.221 e. The molecule has 4 heteroatoms. The van der Waals surface area contributed by atoms with Crippen molar-refractivity contribution in [1.29, 1.82) is 0 Å². The fourth-order valence-corrected chi connectivity index (χ4v) is 2.12. The first-order chi connectivity index (χ1) is 10.1. The second-order valence-corrected chi connectivity index (χ2v) is 4.99. The summed E-state index contributed by atoms with van der Waals surface area (Å²) in [6.07, 6.45) is 0. The molecule has 0 heterocycles. The van der Waals surface area contributed by atoms with Crippen LogP contribution in [0, 0.1) is 5.82 Å². The van der Waals surface area contributed by atoms with E-state index in [0.29, 0.717) is 6.54 Å². The topological polar surface area (TPSA) is 41.1 Å². The Hall–Kier alpha value is -2.20. The molecule has 0 saturated carbocycles. The molecule has 110 valence electrons. The quantitative estimate of drug-likeness (QED) is 0.881. The summed E-state index contributed by atoms with van der Waals surface area (Å²) in [5, 5.41) is 6.19. The van der Waals surface area contributed by atoms with Crippen LogP contribution in [0.15, 0.2) is 48.5 Å². The number of amides is 1. The van der Waals surface area contributed by atoms with Crippen molar-refractivity contribution in [3.05, 3.63) is 65.5 Å². The Morgan fingerprint density at radius 2 is 1.81 bits per heavy atom. The van der Waals surface area contributed by atoms with Gasteiger partial charge >= 0.3 is 0 Å². The molecule has 2 N–H and O–H groups in total. The summed E-state index contributed by atoms with van der Waals surface area (Å²) in [6, 6.07) is 14.2. The summed E-state index contributed by atoms with van der Waals surface area (Å²) >= 11 is 0. The van der Waals surface area contributed by atoms with Gasteiger partial charge in [-0.05, 0) is 36.2 Å². The summed E-state index contributed by atoms with van der Waals surface area (Å²) in [6.45, 7) is 4.13. The van der Waals surface area contributed by atoms with E-state index < -0.39 is 0 Å². The van der Waals surface area contributed by atoms with Crippen LogP contribution in [0.1, 0.15) is 31.0 Å². The molecule has 21 heavy (non-hydrogen) atoms. The van der Waals surface area contributed by atoms with E-state index >= 15 is 0 Å². The first kappa shape index (κ1) is 15.2. The smallest absolute Gasteiger partial charge is 0.221 e. The number of para-hydroxylation sites is 1. The van der Waals surface area contributed by atoms with Gasteiger partial charge in [-0.2, -0.15) is 0 Å².